The molecule has 0 saturated carbocycles. The number of hydrogen-bond acceptors (Lipinski definition) is 5. The zero-order chi connectivity index (χ0) is 19.8. The van der Waals surface area contributed by atoms with Gasteiger partial charge in [0, 0.05) is 18.7 Å². The number of amides is 1. The van der Waals surface area contributed by atoms with Crippen LogP contribution in [0.2, 0.25) is 0 Å². The molecular weight excluding hydrogens is 356 g/mol. The van der Waals surface area contributed by atoms with Gasteiger partial charge in [-0.2, -0.15) is 0 Å². The minimum absolute atomic E-state index is 0.0409. The molecule has 0 aliphatic carbocycles. The topological polar surface area (TPSA) is 60.0 Å². The third-order valence-corrected chi connectivity index (χ3v) is 4.77. The highest BCUT2D eigenvalue weighted by Crippen LogP contribution is 2.31. The summed E-state index contributed by atoms with van der Waals surface area (Å²) in [5, 5.41) is 2.91. The van der Waals surface area contributed by atoms with E-state index in [1.54, 1.807) is 7.11 Å². The van der Waals surface area contributed by atoms with Gasteiger partial charge in [-0.25, -0.2) is 0 Å². The molecule has 3 rings (SSSR count). The number of rotatable bonds is 9. The molecule has 150 valence electrons. The Kier molecular flexibility index (Phi) is 7.14. The van der Waals surface area contributed by atoms with Crippen molar-refractivity contribution in [1.82, 2.24) is 4.90 Å². The van der Waals surface area contributed by atoms with Gasteiger partial charge in [-0.1, -0.05) is 18.6 Å². The molecule has 6 heteroatoms. The fourth-order valence-corrected chi connectivity index (χ4v) is 3.09. The molecule has 1 atom stereocenters. The second kappa shape index (κ2) is 9.99. The number of likely N-dealkylation sites (N-methyl/N-ethyl adjacent to an activating group) is 1. The van der Waals surface area contributed by atoms with Gasteiger partial charge in [0.2, 0.25) is 5.91 Å². The maximum absolute atomic E-state index is 12.0. The summed E-state index contributed by atoms with van der Waals surface area (Å²) in [7, 11) is 3.66. The molecule has 1 heterocycles. The lowest BCUT2D eigenvalue weighted by molar-refractivity contribution is -0.116. The molecule has 1 unspecified atom stereocenters. The number of benzene rings is 2. The van der Waals surface area contributed by atoms with Crippen LogP contribution >= 0.6 is 0 Å². The highest BCUT2D eigenvalue weighted by molar-refractivity contribution is 5.90. The van der Waals surface area contributed by atoms with Gasteiger partial charge in [0.1, 0.15) is 12.4 Å². The number of carbonyl (C=O) groups is 1. The highest BCUT2D eigenvalue weighted by Gasteiger charge is 2.23. The number of hydrogen-bond donors (Lipinski definition) is 1. The minimum atomic E-state index is -0.0757. The van der Waals surface area contributed by atoms with Gasteiger partial charge in [-0.05, 0) is 56.3 Å². The molecule has 1 N–H and O–H groups in total. The predicted octanol–water partition coefficient (Wildman–Crippen LogP) is 3.92. The van der Waals surface area contributed by atoms with Crippen LogP contribution in [0, 0.1) is 0 Å². The van der Waals surface area contributed by atoms with Gasteiger partial charge in [0.05, 0.1) is 7.11 Å². The van der Waals surface area contributed by atoms with Crippen molar-refractivity contribution in [3.8, 4) is 17.2 Å². The molecule has 0 aromatic heterocycles. The monoisotopic (exact) mass is 384 g/mol. The van der Waals surface area contributed by atoms with Crippen LogP contribution in [0.15, 0.2) is 48.5 Å². The molecule has 0 spiro atoms. The number of methoxy groups -OCH3 is 1. The Morgan fingerprint density at radius 1 is 1.11 bits per heavy atom. The quantitative estimate of drug-likeness (QED) is 0.664. The predicted molar refractivity (Wildman–Crippen MR) is 109 cm³/mol. The van der Waals surface area contributed by atoms with E-state index in [9.17, 15) is 4.79 Å². The van der Waals surface area contributed by atoms with Gasteiger partial charge in [-0.15, -0.1) is 0 Å². The fourth-order valence-electron chi connectivity index (χ4n) is 3.09. The number of nitrogens with one attached hydrogen (secondary N) is 1. The van der Waals surface area contributed by atoms with Gasteiger partial charge in [0.25, 0.3) is 0 Å². The Balaban J connectivity index is 1.30. The molecular formula is C22H28N2O4. The Morgan fingerprint density at radius 3 is 2.61 bits per heavy atom. The van der Waals surface area contributed by atoms with E-state index in [2.05, 4.69) is 10.2 Å². The third-order valence-electron chi connectivity index (χ3n) is 4.77. The van der Waals surface area contributed by atoms with Crippen molar-refractivity contribution < 1.29 is 19.0 Å². The lowest BCUT2D eigenvalue weighted by Crippen LogP contribution is -2.43. The Labute approximate surface area is 166 Å². The standard InChI is InChI=1S/C22H28N2O4/c1-24(22-16-27-19-8-5-6-9-20(19)28-22)15-7-3-4-10-21(25)23-17-11-13-18(26-2)14-12-17/h5-6,8-9,11-14,22H,3-4,7,10,15-16H2,1-2H3,(H,23,25). The number of fused-ring (bicyclic) bond motifs is 1. The maximum atomic E-state index is 12.0. The van der Waals surface area contributed by atoms with E-state index in [1.165, 1.54) is 0 Å². The third kappa shape index (κ3) is 5.63. The summed E-state index contributed by atoms with van der Waals surface area (Å²) in [6.45, 7) is 1.42. The van der Waals surface area contributed by atoms with E-state index >= 15 is 0 Å². The molecule has 2 aromatic rings. The molecule has 0 bridgehead atoms. The number of carbonyl (C=O) groups excluding carboxylic acids is 1. The average Bonchev–Trinajstić information content (AvgIpc) is 2.73. The SMILES string of the molecule is COc1ccc(NC(=O)CCCCCN(C)C2COc3ccccc3O2)cc1. The summed E-state index contributed by atoms with van der Waals surface area (Å²) in [5.74, 6) is 2.41. The van der Waals surface area contributed by atoms with Crippen molar-refractivity contribution in [2.45, 2.75) is 31.9 Å². The van der Waals surface area contributed by atoms with Gasteiger partial charge in [-0.3, -0.25) is 9.69 Å². The summed E-state index contributed by atoms with van der Waals surface area (Å²) in [6.07, 6.45) is 3.30. The van der Waals surface area contributed by atoms with Gasteiger partial charge in [0.15, 0.2) is 17.7 Å². The van der Waals surface area contributed by atoms with Crippen LogP contribution in [0.1, 0.15) is 25.7 Å². The number of para-hydroxylation sites is 2. The van der Waals surface area contributed by atoms with E-state index in [1.807, 2.05) is 55.6 Å². The summed E-state index contributed by atoms with van der Waals surface area (Å²) >= 11 is 0. The van der Waals surface area contributed by atoms with Crippen LogP contribution in [0.3, 0.4) is 0 Å². The first-order valence-electron chi connectivity index (χ1n) is 9.68. The minimum Gasteiger partial charge on any atom is -0.497 e. The number of ether oxygens (including phenoxy) is 3. The molecule has 0 fully saturated rings. The lowest BCUT2D eigenvalue weighted by Gasteiger charge is -2.32. The molecule has 1 aliphatic heterocycles. The molecule has 0 radical (unpaired) electrons. The number of nitrogens with zero attached hydrogens (tertiary/aromatic N) is 1. The Bertz CT molecular complexity index is 763. The van der Waals surface area contributed by atoms with Gasteiger partial charge >= 0.3 is 0 Å². The van der Waals surface area contributed by atoms with Crippen LogP contribution in [-0.4, -0.2) is 44.3 Å². The zero-order valence-electron chi connectivity index (χ0n) is 16.5. The van der Waals surface area contributed by atoms with E-state index < -0.39 is 0 Å². The van der Waals surface area contributed by atoms with E-state index in [0.29, 0.717) is 13.0 Å². The van der Waals surface area contributed by atoms with Crippen molar-refractivity contribution in [3.05, 3.63) is 48.5 Å². The zero-order valence-corrected chi connectivity index (χ0v) is 16.5. The van der Waals surface area contributed by atoms with Crippen LogP contribution in [0.5, 0.6) is 17.2 Å². The largest absolute Gasteiger partial charge is 0.497 e. The van der Waals surface area contributed by atoms with Crippen molar-refractivity contribution in [2.75, 3.05) is 32.6 Å². The fraction of sp³-hybridized carbons (Fsp3) is 0.409. The molecule has 2 aromatic carbocycles. The molecule has 1 amide bonds. The Morgan fingerprint density at radius 2 is 1.86 bits per heavy atom. The van der Waals surface area contributed by atoms with Crippen LogP contribution in [0.4, 0.5) is 5.69 Å². The van der Waals surface area contributed by atoms with E-state index in [-0.39, 0.29) is 12.1 Å². The van der Waals surface area contributed by atoms with E-state index in [4.69, 9.17) is 14.2 Å². The summed E-state index contributed by atoms with van der Waals surface area (Å²) in [6, 6.07) is 15.1. The molecule has 1 aliphatic rings. The van der Waals surface area contributed by atoms with E-state index in [0.717, 1.165) is 48.7 Å². The normalized spacial score (nSPS) is 15.3. The maximum Gasteiger partial charge on any atom is 0.224 e. The average molecular weight is 384 g/mol. The molecule has 0 saturated heterocycles. The van der Waals surface area contributed by atoms with Crippen molar-refractivity contribution in [2.24, 2.45) is 0 Å². The van der Waals surface area contributed by atoms with Crippen molar-refractivity contribution in [3.63, 3.8) is 0 Å². The first kappa shape index (κ1) is 20.0. The number of anilines is 1. The summed E-state index contributed by atoms with van der Waals surface area (Å²) < 4.78 is 16.9. The first-order chi connectivity index (χ1) is 13.7. The van der Waals surface area contributed by atoms with Crippen LogP contribution in [0.25, 0.3) is 0 Å². The smallest absolute Gasteiger partial charge is 0.224 e. The van der Waals surface area contributed by atoms with Crippen LogP contribution in [-0.2, 0) is 4.79 Å². The summed E-state index contributed by atoms with van der Waals surface area (Å²) in [4.78, 5) is 14.2. The highest BCUT2D eigenvalue weighted by atomic mass is 16.6. The van der Waals surface area contributed by atoms with Crippen molar-refractivity contribution in [1.29, 1.82) is 0 Å². The Hall–Kier alpha value is -2.73. The second-order valence-electron chi connectivity index (χ2n) is 6.90. The molecule has 28 heavy (non-hydrogen) atoms. The number of unbranched alkanes of at least 4 members (excludes halogenated alkanes) is 2. The van der Waals surface area contributed by atoms with Crippen LogP contribution < -0.4 is 19.5 Å². The lowest BCUT2D eigenvalue weighted by atomic mass is 10.1. The summed E-state index contributed by atoms with van der Waals surface area (Å²) in [5.41, 5.74) is 0.792. The second-order valence-corrected chi connectivity index (χ2v) is 6.90. The molecule has 6 nitrogen and oxygen atoms in total. The van der Waals surface area contributed by atoms with Crippen molar-refractivity contribution >= 4 is 11.6 Å². The first-order valence-corrected chi connectivity index (χ1v) is 9.68. The van der Waals surface area contributed by atoms with Gasteiger partial charge < -0.3 is 19.5 Å².